The Morgan fingerprint density at radius 1 is 1.17 bits per heavy atom. The highest BCUT2D eigenvalue weighted by Crippen LogP contribution is 2.27. The molecule has 1 aliphatic heterocycles. The molecule has 9 heteroatoms. The molecule has 1 aliphatic rings. The summed E-state index contributed by atoms with van der Waals surface area (Å²) in [4.78, 5) is 12.7. The van der Waals surface area contributed by atoms with E-state index < -0.39 is 16.1 Å². The fraction of sp³-hybridized carbons (Fsp3) is 0.333. The zero-order valence-electron chi connectivity index (χ0n) is 16.3. The number of aryl methyl sites for hydroxylation is 1. The molecule has 1 fully saturated rings. The van der Waals surface area contributed by atoms with E-state index in [4.69, 9.17) is 9.63 Å². The van der Waals surface area contributed by atoms with Crippen LogP contribution in [0.2, 0.25) is 0 Å². The van der Waals surface area contributed by atoms with Crippen LogP contribution in [0, 0.1) is 5.92 Å². The molecule has 2 aromatic carbocycles. The van der Waals surface area contributed by atoms with E-state index in [1.807, 2.05) is 6.07 Å². The summed E-state index contributed by atoms with van der Waals surface area (Å²) in [7, 11) is -3.67. The second-order valence-electron chi connectivity index (χ2n) is 7.51. The van der Waals surface area contributed by atoms with Crippen molar-refractivity contribution in [3.8, 4) is 0 Å². The lowest BCUT2D eigenvalue weighted by molar-refractivity contribution is 0.123. The van der Waals surface area contributed by atoms with Crippen molar-refractivity contribution >= 4 is 32.8 Å². The van der Waals surface area contributed by atoms with Gasteiger partial charge in [-0.25, -0.2) is 13.2 Å². The third-order valence-corrected chi connectivity index (χ3v) is 6.92. The van der Waals surface area contributed by atoms with Gasteiger partial charge in [-0.3, -0.25) is 4.72 Å². The summed E-state index contributed by atoms with van der Waals surface area (Å²) in [5.41, 5.74) is 1.78. The second-order valence-corrected chi connectivity index (χ2v) is 9.19. The maximum absolute atomic E-state index is 12.5. The van der Waals surface area contributed by atoms with Crippen molar-refractivity contribution in [3.63, 3.8) is 0 Å². The largest absolute Gasteiger partial charge is 0.465 e. The summed E-state index contributed by atoms with van der Waals surface area (Å²) in [6.07, 6.45) is 2.51. The topological polar surface area (TPSA) is 113 Å². The number of carboxylic acid groups (broad SMARTS) is 1. The van der Waals surface area contributed by atoms with Crippen LogP contribution < -0.4 is 4.72 Å². The number of amides is 1. The van der Waals surface area contributed by atoms with Gasteiger partial charge in [0, 0.05) is 24.5 Å². The predicted octanol–water partition coefficient (Wildman–Crippen LogP) is 3.95. The average molecular weight is 429 g/mol. The third-order valence-electron chi connectivity index (χ3n) is 5.53. The van der Waals surface area contributed by atoms with E-state index in [9.17, 15) is 13.2 Å². The average Bonchev–Trinajstić information content (AvgIpc) is 3.15. The Labute approximate surface area is 174 Å². The Hall–Kier alpha value is -3.07. The van der Waals surface area contributed by atoms with E-state index in [2.05, 4.69) is 9.88 Å². The smallest absolute Gasteiger partial charge is 0.407 e. The number of benzene rings is 2. The molecule has 0 atom stereocenters. The van der Waals surface area contributed by atoms with Gasteiger partial charge in [-0.1, -0.05) is 23.4 Å². The number of fused-ring (bicyclic) bond motifs is 1. The molecule has 30 heavy (non-hydrogen) atoms. The number of hydrogen-bond acceptors (Lipinski definition) is 5. The van der Waals surface area contributed by atoms with Crippen molar-refractivity contribution in [2.24, 2.45) is 5.92 Å². The lowest BCUT2D eigenvalue weighted by atomic mass is 9.91. The molecule has 0 radical (unpaired) electrons. The fourth-order valence-corrected chi connectivity index (χ4v) is 4.87. The third kappa shape index (κ3) is 4.40. The SMILES string of the molecule is O=C(O)N1CCC(CCc2noc3cc(NS(=O)(=O)c4ccccc4)ccc23)CC1. The fourth-order valence-electron chi connectivity index (χ4n) is 3.80. The van der Waals surface area contributed by atoms with E-state index in [0.29, 0.717) is 30.3 Å². The summed E-state index contributed by atoms with van der Waals surface area (Å²) in [5.74, 6) is 0.462. The number of aromatic nitrogens is 1. The van der Waals surface area contributed by atoms with Gasteiger partial charge >= 0.3 is 6.09 Å². The molecule has 3 aromatic rings. The molecule has 0 aliphatic carbocycles. The van der Waals surface area contributed by atoms with Crippen LogP contribution in [0.5, 0.6) is 0 Å². The van der Waals surface area contributed by atoms with E-state index in [1.165, 1.54) is 17.0 Å². The Morgan fingerprint density at radius 3 is 2.60 bits per heavy atom. The van der Waals surface area contributed by atoms with Gasteiger partial charge in [-0.2, -0.15) is 0 Å². The lowest BCUT2D eigenvalue weighted by Gasteiger charge is -2.29. The van der Waals surface area contributed by atoms with Crippen LogP contribution in [0.15, 0.2) is 57.9 Å². The van der Waals surface area contributed by atoms with Gasteiger partial charge in [0.15, 0.2) is 5.58 Å². The highest BCUT2D eigenvalue weighted by Gasteiger charge is 2.23. The molecule has 158 valence electrons. The number of hydrogen-bond donors (Lipinski definition) is 2. The predicted molar refractivity (Wildman–Crippen MR) is 112 cm³/mol. The minimum absolute atomic E-state index is 0.192. The van der Waals surface area contributed by atoms with Crippen molar-refractivity contribution in [3.05, 3.63) is 54.2 Å². The molecule has 0 unspecified atom stereocenters. The van der Waals surface area contributed by atoms with Crippen LogP contribution in [0.25, 0.3) is 11.0 Å². The molecule has 0 saturated carbocycles. The van der Waals surface area contributed by atoms with Gasteiger partial charge in [0.25, 0.3) is 10.0 Å². The number of anilines is 1. The standard InChI is InChI=1S/C21H23N3O5S/c25-21(26)24-12-10-15(11-13-24)6-9-19-18-8-7-16(14-20(18)29-22-19)23-30(27,28)17-4-2-1-3-5-17/h1-5,7-8,14-15,23H,6,9-13H2,(H,25,26). The number of likely N-dealkylation sites (tertiary alicyclic amines) is 1. The zero-order valence-corrected chi connectivity index (χ0v) is 17.1. The monoisotopic (exact) mass is 429 g/mol. The minimum atomic E-state index is -3.67. The zero-order chi connectivity index (χ0) is 21.1. The number of carbonyl (C=O) groups is 1. The summed E-state index contributed by atoms with van der Waals surface area (Å²) >= 11 is 0. The van der Waals surface area contributed by atoms with Crippen LogP contribution in [-0.2, 0) is 16.4 Å². The number of nitrogens with one attached hydrogen (secondary N) is 1. The highest BCUT2D eigenvalue weighted by atomic mass is 32.2. The minimum Gasteiger partial charge on any atom is -0.465 e. The van der Waals surface area contributed by atoms with Gasteiger partial charge in [0.2, 0.25) is 0 Å². The van der Waals surface area contributed by atoms with Gasteiger partial charge in [0.1, 0.15) is 0 Å². The van der Waals surface area contributed by atoms with Gasteiger partial charge in [-0.05, 0) is 55.9 Å². The molecule has 1 amide bonds. The second kappa shape index (κ2) is 8.35. The lowest BCUT2D eigenvalue weighted by Crippen LogP contribution is -2.37. The maximum atomic E-state index is 12.5. The van der Waals surface area contributed by atoms with E-state index in [-0.39, 0.29) is 4.90 Å². The molecule has 2 heterocycles. The highest BCUT2D eigenvalue weighted by molar-refractivity contribution is 7.92. The van der Waals surface area contributed by atoms with Crippen molar-refractivity contribution in [2.45, 2.75) is 30.6 Å². The van der Waals surface area contributed by atoms with Crippen molar-refractivity contribution in [2.75, 3.05) is 17.8 Å². The first-order chi connectivity index (χ1) is 14.4. The van der Waals surface area contributed by atoms with Crippen molar-refractivity contribution in [1.82, 2.24) is 10.1 Å². The number of sulfonamides is 1. The summed E-state index contributed by atoms with van der Waals surface area (Å²) < 4.78 is 33.0. The number of piperidine rings is 1. The molecular weight excluding hydrogens is 406 g/mol. The molecule has 1 saturated heterocycles. The van der Waals surface area contributed by atoms with E-state index >= 15 is 0 Å². The molecule has 0 bridgehead atoms. The molecule has 1 aromatic heterocycles. The maximum Gasteiger partial charge on any atom is 0.407 e. The first kappa shape index (κ1) is 20.2. The summed E-state index contributed by atoms with van der Waals surface area (Å²) in [6.45, 7) is 1.15. The van der Waals surface area contributed by atoms with Crippen LogP contribution in [0.3, 0.4) is 0 Å². The molecule has 2 N–H and O–H groups in total. The van der Waals surface area contributed by atoms with Gasteiger partial charge in [-0.15, -0.1) is 0 Å². The Balaban J connectivity index is 1.41. The van der Waals surface area contributed by atoms with Crippen LogP contribution in [-0.4, -0.2) is 42.8 Å². The van der Waals surface area contributed by atoms with E-state index in [1.54, 1.807) is 30.3 Å². The molecule has 0 spiro atoms. The number of rotatable bonds is 6. The van der Waals surface area contributed by atoms with Crippen molar-refractivity contribution < 1.29 is 22.8 Å². The van der Waals surface area contributed by atoms with Crippen molar-refractivity contribution in [1.29, 1.82) is 0 Å². The van der Waals surface area contributed by atoms with Gasteiger partial charge in [0.05, 0.1) is 16.3 Å². The van der Waals surface area contributed by atoms with Gasteiger partial charge < -0.3 is 14.5 Å². The van der Waals surface area contributed by atoms with Crippen LogP contribution in [0.1, 0.15) is 25.0 Å². The molecule has 4 rings (SSSR count). The van der Waals surface area contributed by atoms with Crippen LogP contribution in [0.4, 0.5) is 10.5 Å². The van der Waals surface area contributed by atoms with E-state index in [0.717, 1.165) is 36.8 Å². The number of nitrogens with zero attached hydrogens (tertiary/aromatic N) is 2. The normalized spacial score (nSPS) is 15.4. The van der Waals surface area contributed by atoms with Crippen LogP contribution >= 0.6 is 0 Å². The quantitative estimate of drug-likeness (QED) is 0.613. The Kier molecular flexibility index (Phi) is 5.63. The molecular formula is C21H23N3O5S. The first-order valence-electron chi connectivity index (χ1n) is 9.86. The first-order valence-corrected chi connectivity index (χ1v) is 11.3. The Morgan fingerprint density at radius 2 is 1.90 bits per heavy atom. The summed E-state index contributed by atoms with van der Waals surface area (Å²) in [5, 5.41) is 14.1. The Bertz CT molecular complexity index is 1140. The summed E-state index contributed by atoms with van der Waals surface area (Å²) in [6, 6.07) is 13.3. The molecule has 8 nitrogen and oxygen atoms in total.